The summed E-state index contributed by atoms with van der Waals surface area (Å²) in [5.41, 5.74) is 1.61. The third kappa shape index (κ3) is 25.4. The lowest BCUT2D eigenvalue weighted by Crippen LogP contribution is -2.47. The first-order valence-electron chi connectivity index (χ1n) is 37.4. The summed E-state index contributed by atoms with van der Waals surface area (Å²) in [5.74, 6) is 9.26. The Balaban J connectivity index is 0.000000184. The molecule has 12 heterocycles. The van der Waals surface area contributed by atoms with Gasteiger partial charge in [-0.1, -0.05) is 53.2 Å². The van der Waals surface area contributed by atoms with Gasteiger partial charge in [-0.2, -0.15) is 0 Å². The van der Waals surface area contributed by atoms with Crippen LogP contribution in [-0.2, 0) is 0 Å². The molecule has 0 aromatic carbocycles. The quantitative estimate of drug-likeness (QED) is 0.217. The van der Waals surface area contributed by atoms with Crippen molar-refractivity contribution in [3.8, 4) is 0 Å². The van der Waals surface area contributed by atoms with Crippen LogP contribution in [0.1, 0.15) is 162 Å². The monoisotopic (exact) mass is 1240 g/mol. The summed E-state index contributed by atoms with van der Waals surface area (Å²) in [7, 11) is 17.9. The highest BCUT2D eigenvalue weighted by Gasteiger charge is 2.43. The Labute approximate surface area is 549 Å². The van der Waals surface area contributed by atoms with Gasteiger partial charge >= 0.3 is 0 Å². The topological polar surface area (TPSA) is 42.1 Å². The number of hydrogen-bond donors (Lipinski definition) is 0. The molecule has 0 aliphatic carbocycles. The van der Waals surface area contributed by atoms with E-state index in [0.717, 1.165) is 108 Å². The van der Waals surface area contributed by atoms with Crippen molar-refractivity contribution < 1.29 is 0 Å². The molecule has 13 heteroatoms. The van der Waals surface area contributed by atoms with Gasteiger partial charge in [0.15, 0.2) is 0 Å². The number of likely N-dealkylation sites (N-methyl/N-ethyl adjacent to an activating group) is 5. The van der Waals surface area contributed by atoms with Gasteiger partial charge in [-0.3, -0.25) is 19.6 Å². The number of piperazine rings is 1. The standard InChI is InChI=1S/C11H22N2.3C10H20N2.C9H19N.C9H17N.C8H18N2.C8H17N/c1-9(2)13-7-10-5-4-6-12(3)11(10)8-13;1-8(2)12-6-9-4-11(3)5-10(9)7-12;1-8(2)12-5-4-9-6-11(3)7-10(9)12;1-8(2)12-6-9-4-5-11(3)10(9)7-12;2*1-8(2)9-5-4-6-10(3)7-9;1-8(2)10-6-4-9(3)5-7-10;1-7(2)8-4-5-9(3)6-8/h9-11H,4-8H2,1-3H3;3*8-10H,4-7H2,1-3H3;8-9H,4-7H2,1-3H3;5,8H,4,6-7H2,1-3H3;8H,4-7H2,1-3H3;7-8H,4-6H2,1-3H3. The van der Waals surface area contributed by atoms with Gasteiger partial charge in [0.05, 0.1) is 0 Å². The number of fused-ring (bicyclic) bond motifs is 4. The van der Waals surface area contributed by atoms with Crippen molar-refractivity contribution in [2.45, 2.75) is 210 Å². The summed E-state index contributed by atoms with van der Waals surface area (Å²) in [5, 5.41) is 0. The largest absolute Gasteiger partial charge is 0.306 e. The molecule has 0 radical (unpaired) electrons. The molecule has 0 spiro atoms. The van der Waals surface area contributed by atoms with E-state index in [1.165, 1.54) is 202 Å². The minimum atomic E-state index is 0.730. The molecule has 13 nitrogen and oxygen atoms in total. The Morgan fingerprint density at radius 3 is 1.19 bits per heavy atom. The summed E-state index contributed by atoms with van der Waals surface area (Å²) in [6.07, 6.45) is 13.6. The van der Waals surface area contributed by atoms with Crippen molar-refractivity contribution in [1.82, 2.24) is 63.7 Å². The lowest BCUT2D eigenvalue weighted by Gasteiger charge is -2.34. The second-order valence-corrected chi connectivity index (χ2v) is 33.5. The van der Waals surface area contributed by atoms with E-state index in [2.05, 4.69) is 237 Å². The van der Waals surface area contributed by atoms with Crippen LogP contribution in [0.4, 0.5) is 0 Å². The molecule has 0 aromatic rings. The van der Waals surface area contributed by atoms with Crippen LogP contribution >= 0.6 is 0 Å². The van der Waals surface area contributed by atoms with Crippen LogP contribution in [-0.4, -0.2) is 319 Å². The van der Waals surface area contributed by atoms with Crippen LogP contribution in [0.15, 0.2) is 11.6 Å². The Morgan fingerprint density at radius 2 is 0.750 bits per heavy atom. The molecule has 0 aromatic heterocycles. The first kappa shape index (κ1) is 77.9. The molecular weight excluding hydrogens is 1080 g/mol. The summed E-state index contributed by atoms with van der Waals surface area (Å²) in [6.45, 7) is 66.7. The summed E-state index contributed by atoms with van der Waals surface area (Å²) in [6, 6.07) is 6.29. The van der Waals surface area contributed by atoms with Crippen LogP contribution in [0.3, 0.4) is 0 Å². The highest BCUT2D eigenvalue weighted by Crippen LogP contribution is 2.35. The Kier molecular flexibility index (Phi) is 34.3. The number of piperidine rings is 2. The molecule has 10 unspecified atom stereocenters. The van der Waals surface area contributed by atoms with Gasteiger partial charge in [0.25, 0.3) is 0 Å². The van der Waals surface area contributed by atoms with E-state index in [-0.39, 0.29) is 0 Å². The van der Waals surface area contributed by atoms with E-state index in [0.29, 0.717) is 0 Å². The number of likely N-dealkylation sites (tertiary alicyclic amines) is 10. The molecule has 0 N–H and O–H groups in total. The van der Waals surface area contributed by atoms with Gasteiger partial charge in [-0.05, 0) is 269 Å². The van der Waals surface area contributed by atoms with Gasteiger partial charge in [0.1, 0.15) is 0 Å². The van der Waals surface area contributed by atoms with E-state index in [1.807, 2.05) is 0 Å². The van der Waals surface area contributed by atoms with Crippen LogP contribution in [0.5, 0.6) is 0 Å². The van der Waals surface area contributed by atoms with Crippen LogP contribution < -0.4 is 0 Å². The van der Waals surface area contributed by atoms with Crippen LogP contribution in [0.2, 0.25) is 0 Å². The van der Waals surface area contributed by atoms with Crippen molar-refractivity contribution >= 4 is 0 Å². The maximum absolute atomic E-state index is 2.67. The molecular formula is C75H153N13. The SMILES string of the molecule is CC(C)C1=CCCN(C)C1.CC(C)C1CCCN(C)C1.CC(C)C1CCN(C)C1.CC(C)N1CC2CCCN(C)C2C1.CC(C)N1CC2CCN(C)C2C1.CC(C)N1CC2CN(C)CC2C1.CC(C)N1CCC2CN(C)CC21.CC(C)N1CCN(C)CC1. The molecule has 11 fully saturated rings. The van der Waals surface area contributed by atoms with Gasteiger partial charge in [-0.15, -0.1) is 0 Å². The number of rotatable bonds is 8. The van der Waals surface area contributed by atoms with Crippen molar-refractivity contribution in [2.75, 3.05) is 207 Å². The molecule has 11 saturated heterocycles. The maximum Gasteiger partial charge on any atom is 0.0266 e. The maximum atomic E-state index is 2.67. The van der Waals surface area contributed by atoms with E-state index in [1.54, 1.807) is 5.57 Å². The zero-order chi connectivity index (χ0) is 65.1. The smallest absolute Gasteiger partial charge is 0.0266 e. The third-order valence-corrected chi connectivity index (χ3v) is 23.6. The molecule has 518 valence electrons. The fraction of sp³-hybridized carbons (Fsp3) is 0.973. The Bertz CT molecular complexity index is 1870. The van der Waals surface area contributed by atoms with Crippen molar-refractivity contribution in [2.24, 2.45) is 59.2 Å². The van der Waals surface area contributed by atoms with E-state index < -0.39 is 0 Å². The fourth-order valence-electron chi connectivity index (χ4n) is 17.0. The third-order valence-electron chi connectivity index (χ3n) is 23.6. The molecule has 12 aliphatic rings. The highest BCUT2D eigenvalue weighted by atomic mass is 15.3. The van der Waals surface area contributed by atoms with Crippen LogP contribution in [0.25, 0.3) is 0 Å². The normalized spacial score (nSPS) is 32.6. The van der Waals surface area contributed by atoms with E-state index >= 15 is 0 Å². The minimum absolute atomic E-state index is 0.730. The van der Waals surface area contributed by atoms with Crippen molar-refractivity contribution in [1.29, 1.82) is 0 Å². The predicted octanol–water partition coefficient (Wildman–Crippen LogP) is 10.5. The lowest BCUT2D eigenvalue weighted by atomic mass is 9.88. The summed E-state index contributed by atoms with van der Waals surface area (Å²) in [4.78, 5) is 32.8. The highest BCUT2D eigenvalue weighted by molar-refractivity contribution is 5.10. The zero-order valence-electron chi connectivity index (χ0n) is 63.2. The van der Waals surface area contributed by atoms with Gasteiger partial charge in [0, 0.05) is 166 Å². The molecule has 88 heavy (non-hydrogen) atoms. The van der Waals surface area contributed by atoms with Gasteiger partial charge in [-0.25, -0.2) is 0 Å². The molecule has 12 rings (SSSR count). The van der Waals surface area contributed by atoms with Crippen molar-refractivity contribution in [3.05, 3.63) is 11.6 Å². The Hall–Kier alpha value is -0.780. The molecule has 0 amide bonds. The average molecular weight is 1240 g/mol. The lowest BCUT2D eigenvalue weighted by molar-refractivity contribution is 0.126. The van der Waals surface area contributed by atoms with Crippen molar-refractivity contribution in [3.63, 3.8) is 0 Å². The first-order valence-corrected chi connectivity index (χ1v) is 37.4. The summed E-state index contributed by atoms with van der Waals surface area (Å²) >= 11 is 0. The second-order valence-electron chi connectivity index (χ2n) is 33.5. The second kappa shape index (κ2) is 38.7. The average Bonchev–Trinajstić information content (AvgIpc) is 4.53. The molecule has 0 saturated carbocycles. The number of hydrogen-bond acceptors (Lipinski definition) is 13. The summed E-state index contributed by atoms with van der Waals surface area (Å²) < 4.78 is 0. The zero-order valence-corrected chi connectivity index (χ0v) is 63.2. The molecule has 12 aliphatic heterocycles. The van der Waals surface area contributed by atoms with Crippen LogP contribution in [0, 0.1) is 59.2 Å². The molecule has 0 bridgehead atoms. The molecule has 10 atom stereocenters. The van der Waals surface area contributed by atoms with E-state index in [9.17, 15) is 0 Å². The van der Waals surface area contributed by atoms with Gasteiger partial charge in [0.2, 0.25) is 0 Å². The first-order chi connectivity index (χ1) is 41.5. The predicted molar refractivity (Wildman–Crippen MR) is 384 cm³/mol. The minimum Gasteiger partial charge on any atom is -0.306 e. The number of nitrogens with zero attached hydrogens (tertiary/aromatic N) is 13. The Morgan fingerprint density at radius 1 is 0.307 bits per heavy atom. The van der Waals surface area contributed by atoms with E-state index in [4.69, 9.17) is 0 Å². The fourth-order valence-corrected chi connectivity index (χ4v) is 17.0. The van der Waals surface area contributed by atoms with Gasteiger partial charge < -0.3 is 44.1 Å².